The summed E-state index contributed by atoms with van der Waals surface area (Å²) in [5, 5.41) is 14.0. The van der Waals surface area contributed by atoms with E-state index >= 15 is 0 Å². The second-order valence-electron chi connectivity index (χ2n) is 5.09. The number of alkyl halides is 3. The number of carbonyl (C=O) groups is 1. The molecule has 1 aliphatic rings. The van der Waals surface area contributed by atoms with Crippen LogP contribution in [0.2, 0.25) is 0 Å². The number of halogens is 3. The van der Waals surface area contributed by atoms with Crippen molar-refractivity contribution in [3.8, 4) is 0 Å². The number of piperazine rings is 1. The number of aromatic nitrogens is 5. The minimum absolute atomic E-state index is 0.214. The molecule has 0 aliphatic carbocycles. The molecule has 1 amide bonds. The molecule has 1 saturated heterocycles. The lowest BCUT2D eigenvalue weighted by atomic mass is 10.3. The first kappa shape index (κ1) is 16.6. The van der Waals surface area contributed by atoms with Crippen molar-refractivity contribution in [1.29, 1.82) is 0 Å². The zero-order chi connectivity index (χ0) is 17.3. The van der Waals surface area contributed by atoms with Crippen LogP contribution in [0.1, 0.15) is 22.4 Å². The quantitative estimate of drug-likeness (QED) is 0.815. The molecule has 12 heteroatoms. The van der Waals surface area contributed by atoms with Crippen molar-refractivity contribution in [3.05, 3.63) is 16.9 Å². The van der Waals surface area contributed by atoms with E-state index < -0.39 is 11.2 Å². The van der Waals surface area contributed by atoms with Crippen LogP contribution >= 0.6 is 11.3 Å². The maximum absolute atomic E-state index is 12.6. The van der Waals surface area contributed by atoms with E-state index in [0.29, 0.717) is 44.1 Å². The molecule has 3 rings (SSSR count). The lowest BCUT2D eigenvalue weighted by molar-refractivity contribution is -0.138. The fourth-order valence-corrected chi connectivity index (χ4v) is 3.03. The fourth-order valence-electron chi connectivity index (χ4n) is 2.27. The summed E-state index contributed by atoms with van der Waals surface area (Å²) in [4.78, 5) is 17.0. The fraction of sp³-hybridized carbons (Fsp3) is 0.583. The molecule has 0 bridgehead atoms. The largest absolute Gasteiger partial charge is 0.445 e. The first-order valence-corrected chi connectivity index (χ1v) is 8.05. The van der Waals surface area contributed by atoms with Crippen LogP contribution in [0.3, 0.4) is 0 Å². The van der Waals surface area contributed by atoms with E-state index in [4.69, 9.17) is 0 Å². The number of carbonyl (C=O) groups excluding carboxylic acids is 1. The van der Waals surface area contributed by atoms with Gasteiger partial charge in [-0.25, -0.2) is 0 Å². The minimum Gasteiger partial charge on any atom is -0.343 e. The van der Waals surface area contributed by atoms with Gasteiger partial charge in [-0.1, -0.05) is 11.3 Å². The van der Waals surface area contributed by atoms with E-state index in [9.17, 15) is 18.0 Å². The molecule has 0 N–H and O–H groups in total. The van der Waals surface area contributed by atoms with E-state index in [2.05, 4.69) is 20.4 Å². The van der Waals surface area contributed by atoms with Crippen molar-refractivity contribution < 1.29 is 18.0 Å². The maximum Gasteiger partial charge on any atom is 0.445 e. The van der Waals surface area contributed by atoms with Crippen molar-refractivity contribution in [3.63, 3.8) is 0 Å². The standard InChI is InChI=1S/C12H14F3N7OS/c1-2-22-16-7-8(19-22)9(23)20-3-5-21(6-4-20)11-18-17-10(24-11)12(13,14)15/h7H,2-6H2,1H3. The zero-order valence-electron chi connectivity index (χ0n) is 12.7. The summed E-state index contributed by atoms with van der Waals surface area (Å²) in [5.74, 6) is -0.234. The third kappa shape index (κ3) is 3.32. The number of nitrogens with zero attached hydrogens (tertiary/aromatic N) is 7. The Labute approximate surface area is 138 Å². The molecule has 0 atom stereocenters. The number of amides is 1. The van der Waals surface area contributed by atoms with Crippen molar-refractivity contribution in [1.82, 2.24) is 30.1 Å². The summed E-state index contributed by atoms with van der Waals surface area (Å²) in [6.45, 7) is 3.96. The number of aryl methyl sites for hydroxylation is 1. The molecule has 2 aromatic rings. The topological polar surface area (TPSA) is 80.0 Å². The van der Waals surface area contributed by atoms with Crippen LogP contribution in [0, 0.1) is 0 Å². The highest BCUT2D eigenvalue weighted by atomic mass is 32.1. The Balaban J connectivity index is 1.61. The lowest BCUT2D eigenvalue weighted by Crippen LogP contribution is -2.48. The third-order valence-electron chi connectivity index (χ3n) is 3.53. The molecule has 24 heavy (non-hydrogen) atoms. The van der Waals surface area contributed by atoms with Gasteiger partial charge in [-0.2, -0.15) is 23.1 Å². The highest BCUT2D eigenvalue weighted by molar-refractivity contribution is 7.15. The molecule has 0 spiro atoms. The second-order valence-corrected chi connectivity index (χ2v) is 6.04. The Hall–Kier alpha value is -2.24. The molecule has 0 saturated carbocycles. The first-order chi connectivity index (χ1) is 11.4. The zero-order valence-corrected chi connectivity index (χ0v) is 13.5. The Morgan fingerprint density at radius 1 is 1.25 bits per heavy atom. The van der Waals surface area contributed by atoms with Gasteiger partial charge >= 0.3 is 6.18 Å². The second kappa shape index (κ2) is 6.34. The van der Waals surface area contributed by atoms with E-state index in [-0.39, 0.29) is 16.7 Å². The summed E-state index contributed by atoms with van der Waals surface area (Å²) in [6.07, 6.45) is -3.07. The van der Waals surface area contributed by atoms with E-state index in [1.807, 2.05) is 6.92 Å². The van der Waals surface area contributed by atoms with Gasteiger partial charge in [-0.3, -0.25) is 4.79 Å². The Bertz CT molecular complexity index is 720. The molecule has 0 aromatic carbocycles. The smallest absolute Gasteiger partial charge is 0.343 e. The van der Waals surface area contributed by atoms with E-state index in [0.717, 1.165) is 0 Å². The molecule has 1 aliphatic heterocycles. The van der Waals surface area contributed by atoms with Gasteiger partial charge in [0.25, 0.3) is 5.91 Å². The Kier molecular flexibility index (Phi) is 4.39. The molecule has 0 radical (unpaired) electrons. The van der Waals surface area contributed by atoms with Crippen LogP contribution in [0.25, 0.3) is 0 Å². The summed E-state index contributed by atoms with van der Waals surface area (Å²) in [7, 11) is 0. The van der Waals surface area contributed by atoms with Gasteiger partial charge in [-0.15, -0.1) is 15.3 Å². The van der Waals surface area contributed by atoms with Gasteiger partial charge in [0.1, 0.15) is 0 Å². The molecular weight excluding hydrogens is 347 g/mol. The summed E-state index contributed by atoms with van der Waals surface area (Å²) in [6, 6.07) is 0. The molecule has 130 valence electrons. The van der Waals surface area contributed by atoms with Gasteiger partial charge in [-0.05, 0) is 6.92 Å². The molecule has 8 nitrogen and oxygen atoms in total. The number of anilines is 1. The van der Waals surface area contributed by atoms with Crippen LogP contribution < -0.4 is 4.90 Å². The summed E-state index contributed by atoms with van der Waals surface area (Å²) < 4.78 is 37.7. The SMILES string of the molecule is CCn1ncc(C(=O)N2CCN(c3nnc(C(F)(F)F)s3)CC2)n1. The normalized spacial score (nSPS) is 15.8. The van der Waals surface area contributed by atoms with Crippen molar-refractivity contribution in [2.45, 2.75) is 19.6 Å². The van der Waals surface area contributed by atoms with E-state index in [1.165, 1.54) is 11.0 Å². The highest BCUT2D eigenvalue weighted by Crippen LogP contribution is 2.34. The van der Waals surface area contributed by atoms with Gasteiger partial charge in [0.15, 0.2) is 5.69 Å². The lowest BCUT2D eigenvalue weighted by Gasteiger charge is -2.33. The molecule has 1 fully saturated rings. The average Bonchev–Trinajstić information content (AvgIpc) is 3.23. The van der Waals surface area contributed by atoms with Gasteiger partial charge in [0.05, 0.1) is 12.7 Å². The Morgan fingerprint density at radius 2 is 1.96 bits per heavy atom. The predicted octanol–water partition coefficient (Wildman–Crippen LogP) is 1.13. The van der Waals surface area contributed by atoms with Crippen LogP contribution in [0.4, 0.5) is 18.3 Å². The molecule has 2 aromatic heterocycles. The molecular formula is C12H14F3N7OS. The first-order valence-electron chi connectivity index (χ1n) is 7.23. The van der Waals surface area contributed by atoms with Gasteiger partial charge in [0, 0.05) is 26.2 Å². The average molecular weight is 361 g/mol. The van der Waals surface area contributed by atoms with Crippen molar-refractivity contribution in [2.24, 2.45) is 0 Å². The summed E-state index contributed by atoms with van der Waals surface area (Å²) in [5.41, 5.74) is 0.264. The molecule has 0 unspecified atom stereocenters. The number of rotatable bonds is 3. The van der Waals surface area contributed by atoms with Crippen LogP contribution in [0.15, 0.2) is 6.20 Å². The monoisotopic (exact) mass is 361 g/mol. The van der Waals surface area contributed by atoms with Crippen LogP contribution in [-0.2, 0) is 12.7 Å². The highest BCUT2D eigenvalue weighted by Gasteiger charge is 2.36. The maximum atomic E-state index is 12.6. The van der Waals surface area contributed by atoms with Gasteiger partial charge < -0.3 is 9.80 Å². The predicted molar refractivity (Wildman–Crippen MR) is 78.7 cm³/mol. The third-order valence-corrected chi connectivity index (χ3v) is 4.56. The van der Waals surface area contributed by atoms with E-state index in [1.54, 1.807) is 9.80 Å². The minimum atomic E-state index is -4.49. The molecule has 3 heterocycles. The number of hydrogen-bond acceptors (Lipinski definition) is 7. The van der Waals surface area contributed by atoms with Crippen molar-refractivity contribution >= 4 is 22.4 Å². The van der Waals surface area contributed by atoms with Crippen molar-refractivity contribution in [2.75, 3.05) is 31.1 Å². The van der Waals surface area contributed by atoms with Gasteiger partial charge in [0.2, 0.25) is 10.1 Å². The number of hydrogen-bond donors (Lipinski definition) is 0. The van der Waals surface area contributed by atoms with Crippen LogP contribution in [-0.4, -0.2) is 62.2 Å². The summed E-state index contributed by atoms with van der Waals surface area (Å²) >= 11 is 0.508. The Morgan fingerprint density at radius 3 is 2.50 bits per heavy atom. The van der Waals surface area contributed by atoms with Crippen LogP contribution in [0.5, 0.6) is 0 Å².